The zero-order chi connectivity index (χ0) is 19.2. The molecule has 1 aromatic heterocycles. The Morgan fingerprint density at radius 2 is 1.70 bits per heavy atom. The van der Waals surface area contributed by atoms with Crippen molar-refractivity contribution in [1.29, 1.82) is 0 Å². The second kappa shape index (κ2) is 6.87. The van der Waals surface area contributed by atoms with E-state index >= 15 is 0 Å². The molecule has 5 heteroatoms. The molecule has 0 bridgehead atoms. The van der Waals surface area contributed by atoms with Crippen LogP contribution in [0.5, 0.6) is 0 Å². The Balaban J connectivity index is 1.84. The molecule has 0 atom stereocenters. The average Bonchev–Trinajstić information content (AvgIpc) is 3.00. The molecule has 4 aromatic rings. The van der Waals surface area contributed by atoms with Crippen LogP contribution in [0.15, 0.2) is 66.9 Å². The maximum atomic E-state index is 12.6. The standard InChI is InChI=1S/C22H16Cl3NO/c1-14-5-4-8-18-19(21(27)22(23,24)25)13-26(20(14)18)12-15-9-10-16-6-2-3-7-17(16)11-15/h2-11,13H,12H2,1H3. The quantitative estimate of drug-likeness (QED) is 0.269. The van der Waals surface area contributed by atoms with Gasteiger partial charge in [0, 0.05) is 23.7 Å². The van der Waals surface area contributed by atoms with Gasteiger partial charge in [-0.2, -0.15) is 0 Å². The lowest BCUT2D eigenvalue weighted by molar-refractivity contribution is 0.0997. The van der Waals surface area contributed by atoms with E-state index in [9.17, 15) is 4.79 Å². The fourth-order valence-corrected chi connectivity index (χ4v) is 3.85. The molecular formula is C22H16Cl3NO. The monoisotopic (exact) mass is 415 g/mol. The summed E-state index contributed by atoms with van der Waals surface area (Å²) in [7, 11) is 0. The van der Waals surface area contributed by atoms with Gasteiger partial charge in [0.2, 0.25) is 5.78 Å². The van der Waals surface area contributed by atoms with Crippen LogP contribution in [0, 0.1) is 6.92 Å². The van der Waals surface area contributed by atoms with Gasteiger partial charge in [0.25, 0.3) is 3.79 Å². The van der Waals surface area contributed by atoms with Crippen LogP contribution in [0.1, 0.15) is 21.5 Å². The topological polar surface area (TPSA) is 22.0 Å². The summed E-state index contributed by atoms with van der Waals surface area (Å²) in [5.41, 5.74) is 3.61. The first-order chi connectivity index (χ1) is 12.8. The third-order valence-corrected chi connectivity index (χ3v) is 5.28. The number of Topliss-reactive ketones (excluding diaryl/α,β-unsaturated/α-hetero) is 1. The predicted octanol–water partition coefficient (Wildman–Crippen LogP) is 6.70. The number of alkyl halides is 3. The van der Waals surface area contributed by atoms with E-state index < -0.39 is 9.58 Å². The Morgan fingerprint density at radius 1 is 0.963 bits per heavy atom. The Morgan fingerprint density at radius 3 is 2.44 bits per heavy atom. The number of halogens is 3. The van der Waals surface area contributed by atoms with Gasteiger partial charge in [0.1, 0.15) is 0 Å². The lowest BCUT2D eigenvalue weighted by Crippen LogP contribution is -2.18. The Bertz CT molecular complexity index is 1170. The molecule has 2 nitrogen and oxygen atoms in total. The molecule has 1 heterocycles. The number of rotatable bonds is 3. The van der Waals surface area contributed by atoms with Crippen LogP contribution < -0.4 is 0 Å². The number of fused-ring (bicyclic) bond motifs is 2. The van der Waals surface area contributed by atoms with Crippen LogP contribution in [-0.2, 0) is 6.54 Å². The van der Waals surface area contributed by atoms with E-state index in [0.29, 0.717) is 12.1 Å². The molecule has 27 heavy (non-hydrogen) atoms. The van der Waals surface area contributed by atoms with Crippen molar-refractivity contribution in [3.05, 3.63) is 83.6 Å². The number of nitrogens with zero attached hydrogens (tertiary/aromatic N) is 1. The normalized spacial score (nSPS) is 12.0. The smallest absolute Gasteiger partial charge is 0.253 e. The summed E-state index contributed by atoms with van der Waals surface area (Å²) in [6, 6.07) is 20.4. The molecule has 0 aliphatic carbocycles. The summed E-state index contributed by atoms with van der Waals surface area (Å²) in [6.07, 6.45) is 1.79. The maximum Gasteiger partial charge on any atom is 0.253 e. The number of carbonyl (C=O) groups excluding carboxylic acids is 1. The molecule has 3 aromatic carbocycles. The third-order valence-electron chi connectivity index (χ3n) is 4.77. The van der Waals surface area contributed by atoms with Gasteiger partial charge in [-0.25, -0.2) is 0 Å². The van der Waals surface area contributed by atoms with Crippen LogP contribution in [-0.4, -0.2) is 14.1 Å². The number of benzene rings is 3. The molecule has 0 radical (unpaired) electrons. The lowest BCUT2D eigenvalue weighted by Gasteiger charge is -2.09. The minimum absolute atomic E-state index is 0.425. The molecule has 0 spiro atoms. The molecule has 0 fully saturated rings. The number of aromatic nitrogens is 1. The van der Waals surface area contributed by atoms with Crippen molar-refractivity contribution >= 4 is 62.3 Å². The fraction of sp³-hybridized carbons (Fsp3) is 0.136. The van der Waals surface area contributed by atoms with E-state index in [1.165, 1.54) is 10.8 Å². The van der Waals surface area contributed by atoms with E-state index in [-0.39, 0.29) is 0 Å². The molecule has 0 amide bonds. The average molecular weight is 417 g/mol. The first-order valence-electron chi connectivity index (χ1n) is 8.52. The summed E-state index contributed by atoms with van der Waals surface area (Å²) in [4.78, 5) is 12.6. The van der Waals surface area contributed by atoms with Crippen LogP contribution in [0.4, 0.5) is 0 Å². The van der Waals surface area contributed by atoms with Gasteiger partial charge < -0.3 is 4.57 Å². The molecule has 0 aliphatic heterocycles. The predicted molar refractivity (Wildman–Crippen MR) is 114 cm³/mol. The number of ketones is 1. The number of aryl methyl sites for hydroxylation is 1. The summed E-state index contributed by atoms with van der Waals surface area (Å²) in [5.74, 6) is -0.514. The van der Waals surface area contributed by atoms with Crippen molar-refractivity contribution < 1.29 is 4.79 Å². The molecule has 136 valence electrons. The Hall–Kier alpha value is -2.00. The minimum Gasteiger partial charge on any atom is -0.342 e. The van der Waals surface area contributed by atoms with Gasteiger partial charge in [-0.1, -0.05) is 89.4 Å². The van der Waals surface area contributed by atoms with Crippen LogP contribution in [0.2, 0.25) is 0 Å². The summed E-state index contributed by atoms with van der Waals surface area (Å²) in [5, 5.41) is 3.18. The largest absolute Gasteiger partial charge is 0.342 e. The highest BCUT2D eigenvalue weighted by molar-refractivity contribution is 6.77. The molecule has 0 saturated carbocycles. The first-order valence-corrected chi connectivity index (χ1v) is 9.65. The summed E-state index contributed by atoms with van der Waals surface area (Å²) < 4.78 is 0.0736. The van der Waals surface area contributed by atoms with Gasteiger partial charge >= 0.3 is 0 Å². The van der Waals surface area contributed by atoms with E-state index in [1.54, 1.807) is 6.20 Å². The molecule has 0 N–H and O–H groups in total. The third kappa shape index (κ3) is 3.45. The van der Waals surface area contributed by atoms with Crippen LogP contribution in [0.25, 0.3) is 21.7 Å². The van der Waals surface area contributed by atoms with Crippen molar-refractivity contribution in [2.24, 2.45) is 0 Å². The van der Waals surface area contributed by atoms with Crippen molar-refractivity contribution in [3.63, 3.8) is 0 Å². The van der Waals surface area contributed by atoms with E-state index in [4.69, 9.17) is 34.8 Å². The molecule has 4 rings (SSSR count). The molecule has 0 aliphatic rings. The second-order valence-corrected chi connectivity index (χ2v) is 8.93. The van der Waals surface area contributed by atoms with Gasteiger partial charge in [-0.3, -0.25) is 4.79 Å². The zero-order valence-electron chi connectivity index (χ0n) is 14.5. The Labute approximate surface area is 172 Å². The van der Waals surface area contributed by atoms with Gasteiger partial charge in [-0.15, -0.1) is 0 Å². The Kier molecular flexibility index (Phi) is 4.67. The van der Waals surface area contributed by atoms with E-state index in [0.717, 1.165) is 22.0 Å². The molecule has 0 saturated heterocycles. The highest BCUT2D eigenvalue weighted by Gasteiger charge is 2.34. The van der Waals surface area contributed by atoms with Crippen molar-refractivity contribution in [2.45, 2.75) is 17.3 Å². The highest BCUT2D eigenvalue weighted by atomic mass is 35.6. The number of carbonyl (C=O) groups is 1. The first kappa shape index (κ1) is 18.4. The SMILES string of the molecule is Cc1cccc2c(C(=O)C(Cl)(Cl)Cl)cn(Cc3ccc4ccccc4c3)c12. The van der Waals surface area contributed by atoms with Crippen molar-refractivity contribution in [2.75, 3.05) is 0 Å². The molecular weight excluding hydrogens is 401 g/mol. The number of hydrogen-bond donors (Lipinski definition) is 0. The van der Waals surface area contributed by atoms with E-state index in [1.807, 2.05) is 37.3 Å². The second-order valence-electron chi connectivity index (χ2n) is 6.65. The molecule has 0 unspecified atom stereocenters. The van der Waals surface area contributed by atoms with Crippen molar-refractivity contribution in [1.82, 2.24) is 4.57 Å². The minimum atomic E-state index is -1.98. The van der Waals surface area contributed by atoms with E-state index in [2.05, 4.69) is 34.9 Å². The van der Waals surface area contributed by atoms with Crippen molar-refractivity contribution in [3.8, 4) is 0 Å². The highest BCUT2D eigenvalue weighted by Crippen LogP contribution is 2.35. The fourth-order valence-electron chi connectivity index (χ4n) is 3.54. The maximum absolute atomic E-state index is 12.6. The number of hydrogen-bond acceptors (Lipinski definition) is 1. The van der Waals surface area contributed by atoms with Gasteiger partial charge in [-0.05, 0) is 34.9 Å². The van der Waals surface area contributed by atoms with Gasteiger partial charge in [0.05, 0.1) is 5.52 Å². The summed E-state index contributed by atoms with van der Waals surface area (Å²) >= 11 is 17.6. The lowest BCUT2D eigenvalue weighted by atomic mass is 10.1. The van der Waals surface area contributed by atoms with Gasteiger partial charge in [0.15, 0.2) is 0 Å². The summed E-state index contributed by atoms with van der Waals surface area (Å²) in [6.45, 7) is 2.64. The zero-order valence-corrected chi connectivity index (χ0v) is 16.8. The van der Waals surface area contributed by atoms with Crippen LogP contribution in [0.3, 0.4) is 0 Å². The van der Waals surface area contributed by atoms with Crippen LogP contribution >= 0.6 is 34.8 Å². The number of para-hydroxylation sites is 1.